The summed E-state index contributed by atoms with van der Waals surface area (Å²) in [5, 5.41) is 4.39. The maximum atomic E-state index is 6.14. The molecule has 0 radical (unpaired) electrons. The lowest BCUT2D eigenvalue weighted by Crippen LogP contribution is -2.42. The molecule has 4 heterocycles. The molecule has 2 aliphatic rings. The van der Waals surface area contributed by atoms with E-state index in [1.807, 2.05) is 68.1 Å². The summed E-state index contributed by atoms with van der Waals surface area (Å²) in [6.45, 7) is 10.5. The highest BCUT2D eigenvalue weighted by atomic mass is 35.5. The molecule has 0 bridgehead atoms. The van der Waals surface area contributed by atoms with Crippen LogP contribution in [-0.4, -0.2) is 50.6 Å². The SMILES string of the molecule is CCCn1cncc1CN1CCC(CN2CCC(Nc3cccc(Oc4cccc(Cl)c4)c3)c3cnc(C)nc32)CC1. The van der Waals surface area contributed by atoms with Crippen LogP contribution in [-0.2, 0) is 13.1 Å². The summed E-state index contributed by atoms with van der Waals surface area (Å²) in [5.74, 6) is 4.03. The highest BCUT2D eigenvalue weighted by Gasteiger charge is 2.30. The van der Waals surface area contributed by atoms with Crippen molar-refractivity contribution < 1.29 is 4.74 Å². The number of rotatable bonds is 10. The molecule has 2 aromatic heterocycles. The van der Waals surface area contributed by atoms with Gasteiger partial charge in [-0.1, -0.05) is 30.7 Å². The van der Waals surface area contributed by atoms with E-state index in [0.717, 1.165) is 86.5 Å². The maximum Gasteiger partial charge on any atom is 0.137 e. The lowest BCUT2D eigenvalue weighted by molar-refractivity contribution is 0.175. The fourth-order valence-corrected chi connectivity index (χ4v) is 6.33. The van der Waals surface area contributed by atoms with Gasteiger partial charge in [-0.25, -0.2) is 15.0 Å². The van der Waals surface area contributed by atoms with Crippen LogP contribution in [0, 0.1) is 12.8 Å². The standard InChI is InChI=1S/C33H40ClN7O/c1-3-13-41-23-35-19-28(41)22-39-14-10-25(11-15-39)21-40-16-12-32(31-20-36-24(2)37-33(31)40)38-27-7-5-9-30(18-27)42-29-8-4-6-26(34)17-29/h4-9,17-20,23,25,32,38H,3,10-16,21-22H2,1-2H3. The van der Waals surface area contributed by atoms with E-state index in [1.54, 1.807) is 0 Å². The van der Waals surface area contributed by atoms with Crippen molar-refractivity contribution >= 4 is 23.1 Å². The number of imidazole rings is 1. The second kappa shape index (κ2) is 13.1. The Balaban J connectivity index is 1.08. The molecule has 1 unspecified atom stereocenters. The number of fused-ring (bicyclic) bond motifs is 1. The molecule has 0 amide bonds. The number of aryl methyl sites for hydroxylation is 2. The summed E-state index contributed by atoms with van der Waals surface area (Å²) in [5.41, 5.74) is 3.49. The van der Waals surface area contributed by atoms with Gasteiger partial charge in [0.15, 0.2) is 0 Å². The first-order chi connectivity index (χ1) is 20.5. The number of piperidine rings is 1. The minimum Gasteiger partial charge on any atom is -0.457 e. The summed E-state index contributed by atoms with van der Waals surface area (Å²) < 4.78 is 8.36. The Morgan fingerprint density at radius 2 is 1.81 bits per heavy atom. The van der Waals surface area contributed by atoms with Gasteiger partial charge >= 0.3 is 0 Å². The van der Waals surface area contributed by atoms with Gasteiger partial charge in [0.25, 0.3) is 0 Å². The van der Waals surface area contributed by atoms with Crippen LogP contribution in [0.4, 0.5) is 11.5 Å². The Kier molecular flexibility index (Phi) is 8.91. The summed E-state index contributed by atoms with van der Waals surface area (Å²) in [6, 6.07) is 15.7. The Labute approximate surface area is 253 Å². The van der Waals surface area contributed by atoms with E-state index in [-0.39, 0.29) is 6.04 Å². The van der Waals surface area contributed by atoms with E-state index in [2.05, 4.69) is 42.6 Å². The number of likely N-dealkylation sites (tertiary alicyclic amines) is 1. The summed E-state index contributed by atoms with van der Waals surface area (Å²) in [4.78, 5) is 19.0. The molecule has 4 aromatic rings. The van der Waals surface area contributed by atoms with Crippen LogP contribution in [0.3, 0.4) is 0 Å². The predicted molar refractivity (Wildman–Crippen MR) is 168 cm³/mol. The molecule has 42 heavy (non-hydrogen) atoms. The van der Waals surface area contributed by atoms with E-state index in [4.69, 9.17) is 21.3 Å². The highest BCUT2D eigenvalue weighted by Crippen LogP contribution is 2.36. The number of nitrogens with one attached hydrogen (secondary N) is 1. The van der Waals surface area contributed by atoms with Crippen LogP contribution >= 0.6 is 11.6 Å². The monoisotopic (exact) mass is 585 g/mol. The Morgan fingerprint density at radius 1 is 1.00 bits per heavy atom. The summed E-state index contributed by atoms with van der Waals surface area (Å²) in [7, 11) is 0. The molecule has 1 saturated heterocycles. The number of aromatic nitrogens is 4. The minimum atomic E-state index is 0.132. The Bertz CT molecular complexity index is 1480. The minimum absolute atomic E-state index is 0.132. The molecule has 6 rings (SSSR count). The highest BCUT2D eigenvalue weighted by molar-refractivity contribution is 6.30. The number of hydrogen-bond acceptors (Lipinski definition) is 7. The second-order valence-corrected chi connectivity index (χ2v) is 11.9. The van der Waals surface area contributed by atoms with E-state index in [9.17, 15) is 0 Å². The number of benzene rings is 2. The zero-order valence-electron chi connectivity index (χ0n) is 24.5. The zero-order valence-corrected chi connectivity index (χ0v) is 25.3. The average Bonchev–Trinajstić information content (AvgIpc) is 3.42. The fraction of sp³-hybridized carbons (Fsp3) is 0.424. The van der Waals surface area contributed by atoms with Crippen molar-refractivity contribution in [3.8, 4) is 11.5 Å². The number of hydrogen-bond donors (Lipinski definition) is 1. The van der Waals surface area contributed by atoms with Gasteiger partial charge in [0.05, 0.1) is 18.1 Å². The van der Waals surface area contributed by atoms with Crippen LogP contribution in [0.2, 0.25) is 5.02 Å². The Hall–Kier alpha value is -3.62. The summed E-state index contributed by atoms with van der Waals surface area (Å²) >= 11 is 6.14. The topological polar surface area (TPSA) is 71.3 Å². The molecular formula is C33H40ClN7O. The van der Waals surface area contributed by atoms with E-state index < -0.39 is 0 Å². The third kappa shape index (κ3) is 6.88. The van der Waals surface area contributed by atoms with Gasteiger partial charge in [0, 0.05) is 60.9 Å². The molecule has 0 saturated carbocycles. The molecular weight excluding hydrogens is 546 g/mol. The van der Waals surface area contributed by atoms with Crippen molar-refractivity contribution in [2.45, 2.75) is 58.7 Å². The van der Waals surface area contributed by atoms with Crippen LogP contribution in [0.1, 0.15) is 55.7 Å². The second-order valence-electron chi connectivity index (χ2n) is 11.5. The number of ether oxygens (including phenoxy) is 1. The largest absolute Gasteiger partial charge is 0.457 e. The quantitative estimate of drug-likeness (QED) is 0.212. The molecule has 1 atom stereocenters. The average molecular weight is 586 g/mol. The van der Waals surface area contributed by atoms with Gasteiger partial charge in [-0.05, 0) is 81.9 Å². The number of halogens is 1. The summed E-state index contributed by atoms with van der Waals surface area (Å²) in [6.07, 6.45) is 10.5. The van der Waals surface area contributed by atoms with Gasteiger partial charge in [-0.15, -0.1) is 0 Å². The lowest BCUT2D eigenvalue weighted by atomic mass is 9.93. The van der Waals surface area contributed by atoms with Crippen molar-refractivity contribution in [3.63, 3.8) is 0 Å². The number of nitrogens with zero attached hydrogens (tertiary/aromatic N) is 6. The molecule has 2 aromatic carbocycles. The molecule has 8 nitrogen and oxygen atoms in total. The van der Waals surface area contributed by atoms with E-state index in [1.165, 1.54) is 18.5 Å². The van der Waals surface area contributed by atoms with Crippen LogP contribution in [0.15, 0.2) is 67.3 Å². The van der Waals surface area contributed by atoms with Gasteiger partial charge in [0.2, 0.25) is 0 Å². The van der Waals surface area contributed by atoms with Crippen molar-refractivity contribution in [1.29, 1.82) is 0 Å². The van der Waals surface area contributed by atoms with Crippen LogP contribution < -0.4 is 15.0 Å². The predicted octanol–water partition coefficient (Wildman–Crippen LogP) is 7.11. The van der Waals surface area contributed by atoms with Gasteiger partial charge in [-0.2, -0.15) is 0 Å². The van der Waals surface area contributed by atoms with Gasteiger partial charge < -0.3 is 19.5 Å². The molecule has 2 aliphatic heterocycles. The van der Waals surface area contributed by atoms with E-state index >= 15 is 0 Å². The van der Waals surface area contributed by atoms with E-state index in [0.29, 0.717) is 10.9 Å². The number of anilines is 2. The van der Waals surface area contributed by atoms with Gasteiger partial charge in [-0.3, -0.25) is 4.90 Å². The first-order valence-corrected chi connectivity index (χ1v) is 15.5. The van der Waals surface area contributed by atoms with Crippen molar-refractivity contribution in [2.24, 2.45) is 5.92 Å². The first-order valence-electron chi connectivity index (χ1n) is 15.1. The molecule has 220 valence electrons. The van der Waals surface area contributed by atoms with Crippen molar-refractivity contribution in [3.05, 3.63) is 89.4 Å². The first kappa shape index (κ1) is 28.5. The van der Waals surface area contributed by atoms with Crippen LogP contribution in [0.25, 0.3) is 0 Å². The molecule has 9 heteroatoms. The normalized spacial score (nSPS) is 17.7. The molecule has 1 fully saturated rings. The molecule has 0 spiro atoms. The molecule has 0 aliphatic carbocycles. The fourth-order valence-electron chi connectivity index (χ4n) is 6.15. The zero-order chi connectivity index (χ0) is 28.9. The van der Waals surface area contributed by atoms with Crippen LogP contribution in [0.5, 0.6) is 11.5 Å². The smallest absolute Gasteiger partial charge is 0.137 e. The third-order valence-corrected chi connectivity index (χ3v) is 8.56. The van der Waals surface area contributed by atoms with Crippen molar-refractivity contribution in [2.75, 3.05) is 36.4 Å². The third-order valence-electron chi connectivity index (χ3n) is 8.32. The maximum absolute atomic E-state index is 6.14. The Morgan fingerprint density at radius 3 is 2.62 bits per heavy atom. The lowest BCUT2D eigenvalue weighted by Gasteiger charge is -2.39. The van der Waals surface area contributed by atoms with Gasteiger partial charge in [0.1, 0.15) is 23.1 Å². The van der Waals surface area contributed by atoms with Crippen molar-refractivity contribution in [1.82, 2.24) is 24.4 Å². The molecule has 1 N–H and O–H groups in total.